The summed E-state index contributed by atoms with van der Waals surface area (Å²) in [4.78, 5) is 25.5. The van der Waals surface area contributed by atoms with Crippen molar-refractivity contribution >= 4 is 29.2 Å². The minimum atomic E-state index is -0.0709. The smallest absolute Gasteiger partial charge is 0.229 e. The van der Waals surface area contributed by atoms with Crippen LogP contribution in [0.15, 0.2) is 70.8 Å². The van der Waals surface area contributed by atoms with Gasteiger partial charge in [-0.05, 0) is 56.0 Å². The number of nitrogens with zero attached hydrogens (tertiary/aromatic N) is 3. The SMILES string of the molecule is CCc1ccc(NC(=O)C2CCCN(c3nccnc3Sc3cccc(C)c3)C2)cc1. The number of nitrogens with one attached hydrogen (secondary N) is 1. The first-order valence-electron chi connectivity index (χ1n) is 10.8. The third kappa shape index (κ3) is 5.44. The van der Waals surface area contributed by atoms with Crippen LogP contribution in [-0.2, 0) is 11.2 Å². The van der Waals surface area contributed by atoms with Gasteiger partial charge in [0.1, 0.15) is 5.03 Å². The largest absolute Gasteiger partial charge is 0.354 e. The van der Waals surface area contributed by atoms with Gasteiger partial charge in [-0.25, -0.2) is 9.97 Å². The van der Waals surface area contributed by atoms with Gasteiger partial charge in [0.05, 0.1) is 5.92 Å². The lowest BCUT2D eigenvalue weighted by Gasteiger charge is -2.33. The van der Waals surface area contributed by atoms with Crippen molar-refractivity contribution in [3.05, 3.63) is 72.1 Å². The Morgan fingerprint density at radius 3 is 2.74 bits per heavy atom. The fourth-order valence-corrected chi connectivity index (χ4v) is 4.85. The topological polar surface area (TPSA) is 58.1 Å². The lowest BCUT2D eigenvalue weighted by Crippen LogP contribution is -2.41. The van der Waals surface area contributed by atoms with Crippen LogP contribution < -0.4 is 10.2 Å². The molecule has 4 rings (SSSR count). The Kier molecular flexibility index (Phi) is 6.87. The maximum Gasteiger partial charge on any atom is 0.229 e. The van der Waals surface area contributed by atoms with Crippen LogP contribution in [0.1, 0.15) is 30.9 Å². The van der Waals surface area contributed by atoms with Gasteiger partial charge in [-0.1, -0.05) is 48.5 Å². The molecule has 1 fully saturated rings. The second-order valence-electron chi connectivity index (χ2n) is 7.93. The van der Waals surface area contributed by atoms with E-state index in [0.29, 0.717) is 6.54 Å². The van der Waals surface area contributed by atoms with Crippen LogP contribution in [0, 0.1) is 12.8 Å². The maximum absolute atomic E-state index is 12.9. The van der Waals surface area contributed by atoms with Crippen LogP contribution in [0.25, 0.3) is 0 Å². The molecule has 1 unspecified atom stereocenters. The van der Waals surface area contributed by atoms with Crippen molar-refractivity contribution in [1.29, 1.82) is 0 Å². The van der Waals surface area contributed by atoms with E-state index < -0.39 is 0 Å². The van der Waals surface area contributed by atoms with Crippen molar-refractivity contribution in [2.24, 2.45) is 5.92 Å². The van der Waals surface area contributed by atoms with Crippen molar-refractivity contribution < 1.29 is 4.79 Å². The average molecular weight is 433 g/mol. The second-order valence-corrected chi connectivity index (χ2v) is 8.99. The molecule has 6 heteroatoms. The quantitative estimate of drug-likeness (QED) is 0.569. The highest BCUT2D eigenvalue weighted by atomic mass is 32.2. The number of aromatic nitrogens is 2. The highest BCUT2D eigenvalue weighted by Crippen LogP contribution is 2.34. The Bertz CT molecular complexity index is 1040. The van der Waals surface area contributed by atoms with Crippen LogP contribution in [0.5, 0.6) is 0 Å². The summed E-state index contributed by atoms with van der Waals surface area (Å²) in [5, 5.41) is 3.97. The van der Waals surface area contributed by atoms with E-state index in [2.05, 4.69) is 70.4 Å². The zero-order valence-electron chi connectivity index (χ0n) is 18.0. The first-order valence-corrected chi connectivity index (χ1v) is 11.6. The van der Waals surface area contributed by atoms with Crippen molar-refractivity contribution in [2.45, 2.75) is 43.0 Å². The number of carbonyl (C=O) groups excluding carboxylic acids is 1. The number of piperidine rings is 1. The summed E-state index contributed by atoms with van der Waals surface area (Å²) in [6, 6.07) is 16.5. The predicted octanol–water partition coefficient (Wildman–Crippen LogP) is 5.35. The lowest BCUT2D eigenvalue weighted by molar-refractivity contribution is -0.120. The van der Waals surface area contributed by atoms with Gasteiger partial charge in [-0.3, -0.25) is 4.79 Å². The van der Waals surface area contributed by atoms with Gasteiger partial charge in [0.25, 0.3) is 0 Å². The molecule has 1 N–H and O–H groups in total. The monoisotopic (exact) mass is 432 g/mol. The first-order chi connectivity index (χ1) is 15.1. The van der Waals surface area contributed by atoms with E-state index in [1.165, 1.54) is 11.1 Å². The third-order valence-electron chi connectivity index (χ3n) is 5.57. The number of aryl methyl sites for hydroxylation is 2. The van der Waals surface area contributed by atoms with Gasteiger partial charge in [0.15, 0.2) is 5.82 Å². The van der Waals surface area contributed by atoms with Gasteiger partial charge >= 0.3 is 0 Å². The Balaban J connectivity index is 1.46. The molecule has 1 aliphatic rings. The molecule has 1 aromatic heterocycles. The Morgan fingerprint density at radius 2 is 1.97 bits per heavy atom. The van der Waals surface area contributed by atoms with Crippen LogP contribution in [-0.4, -0.2) is 29.0 Å². The molecule has 0 spiro atoms. The number of carbonyl (C=O) groups is 1. The van der Waals surface area contributed by atoms with Gasteiger partial charge in [0.2, 0.25) is 5.91 Å². The molecule has 1 amide bonds. The minimum Gasteiger partial charge on any atom is -0.354 e. The van der Waals surface area contributed by atoms with Gasteiger partial charge in [0, 0.05) is 36.1 Å². The standard InChI is InChI=1S/C25H28N4OS/c1-3-19-9-11-21(12-10-19)28-24(30)20-7-5-15-29(17-20)23-25(27-14-13-26-23)31-22-8-4-6-18(2)16-22/h4,6,8-14,16,20H,3,5,7,15,17H2,1-2H3,(H,28,30). The van der Waals surface area contributed by atoms with Crippen molar-refractivity contribution in [3.8, 4) is 0 Å². The molecular formula is C25H28N4OS. The molecule has 0 saturated carbocycles. The molecule has 1 atom stereocenters. The summed E-state index contributed by atoms with van der Waals surface area (Å²) in [7, 11) is 0. The van der Waals surface area contributed by atoms with Crippen LogP contribution in [0.2, 0.25) is 0 Å². The third-order valence-corrected chi connectivity index (χ3v) is 6.54. The summed E-state index contributed by atoms with van der Waals surface area (Å²) in [5.41, 5.74) is 3.34. The number of amides is 1. The summed E-state index contributed by atoms with van der Waals surface area (Å²) in [6.45, 7) is 5.75. The zero-order valence-corrected chi connectivity index (χ0v) is 18.9. The van der Waals surface area contributed by atoms with Gasteiger partial charge in [-0.2, -0.15) is 0 Å². The van der Waals surface area contributed by atoms with Crippen LogP contribution >= 0.6 is 11.8 Å². The molecule has 2 aromatic carbocycles. The second kappa shape index (κ2) is 9.96. The number of benzene rings is 2. The Morgan fingerprint density at radius 1 is 1.16 bits per heavy atom. The average Bonchev–Trinajstić information content (AvgIpc) is 2.80. The Hall–Kier alpha value is -2.86. The lowest BCUT2D eigenvalue weighted by atomic mass is 9.97. The zero-order chi connectivity index (χ0) is 21.6. The van der Waals surface area contributed by atoms with Gasteiger partial charge < -0.3 is 10.2 Å². The van der Waals surface area contributed by atoms with E-state index in [1.54, 1.807) is 24.2 Å². The molecule has 0 bridgehead atoms. The van der Waals surface area contributed by atoms with E-state index >= 15 is 0 Å². The minimum absolute atomic E-state index is 0.0709. The van der Waals surface area contributed by atoms with E-state index in [1.807, 2.05) is 12.1 Å². The first kappa shape index (κ1) is 21.4. The number of hydrogen-bond donors (Lipinski definition) is 1. The fraction of sp³-hybridized carbons (Fsp3) is 0.320. The molecule has 31 heavy (non-hydrogen) atoms. The fourth-order valence-electron chi connectivity index (χ4n) is 3.85. The van der Waals surface area contributed by atoms with E-state index in [0.717, 1.165) is 47.2 Å². The molecule has 2 heterocycles. The predicted molar refractivity (Wildman–Crippen MR) is 127 cm³/mol. The molecular weight excluding hydrogens is 404 g/mol. The highest BCUT2D eigenvalue weighted by Gasteiger charge is 2.28. The summed E-state index contributed by atoms with van der Waals surface area (Å²) < 4.78 is 0. The Labute approximate surface area is 188 Å². The normalized spacial score (nSPS) is 16.2. The number of anilines is 2. The molecule has 0 radical (unpaired) electrons. The summed E-state index contributed by atoms with van der Waals surface area (Å²) in [5.74, 6) is 0.864. The van der Waals surface area contributed by atoms with Crippen molar-refractivity contribution in [2.75, 3.05) is 23.3 Å². The molecule has 5 nitrogen and oxygen atoms in total. The molecule has 1 aliphatic heterocycles. The maximum atomic E-state index is 12.9. The summed E-state index contributed by atoms with van der Waals surface area (Å²) in [6.07, 6.45) is 6.30. The van der Waals surface area contributed by atoms with Crippen LogP contribution in [0.3, 0.4) is 0 Å². The van der Waals surface area contributed by atoms with Gasteiger partial charge in [-0.15, -0.1) is 0 Å². The van der Waals surface area contributed by atoms with E-state index in [-0.39, 0.29) is 11.8 Å². The van der Waals surface area contributed by atoms with Crippen molar-refractivity contribution in [3.63, 3.8) is 0 Å². The molecule has 1 saturated heterocycles. The van der Waals surface area contributed by atoms with Crippen LogP contribution in [0.4, 0.5) is 11.5 Å². The highest BCUT2D eigenvalue weighted by molar-refractivity contribution is 7.99. The summed E-state index contributed by atoms with van der Waals surface area (Å²) >= 11 is 1.62. The molecule has 0 aliphatic carbocycles. The van der Waals surface area contributed by atoms with E-state index in [4.69, 9.17) is 0 Å². The van der Waals surface area contributed by atoms with E-state index in [9.17, 15) is 4.79 Å². The molecule has 3 aromatic rings. The molecule has 160 valence electrons. The van der Waals surface area contributed by atoms with Crippen molar-refractivity contribution in [1.82, 2.24) is 9.97 Å². The number of hydrogen-bond acceptors (Lipinski definition) is 5. The number of rotatable bonds is 6.